The van der Waals surface area contributed by atoms with E-state index in [1.807, 2.05) is 24.4 Å². The molecule has 1 aliphatic heterocycles. The number of nitrogens with one attached hydrogen (secondary N) is 1. The molecule has 1 atom stereocenters. The number of carbonyl (C=O) groups excluding carboxylic acids is 1. The van der Waals surface area contributed by atoms with Crippen molar-refractivity contribution in [1.82, 2.24) is 9.88 Å². The quantitative estimate of drug-likeness (QED) is 0.873. The van der Waals surface area contributed by atoms with Crippen molar-refractivity contribution in [3.63, 3.8) is 0 Å². The van der Waals surface area contributed by atoms with Crippen LogP contribution in [0.15, 0.2) is 24.4 Å². The van der Waals surface area contributed by atoms with Gasteiger partial charge < -0.3 is 9.88 Å². The lowest BCUT2D eigenvalue weighted by Crippen LogP contribution is -2.26. The standard InChI is InChI=1S/C15H17ClN2O/c1-10(19)14-9-18(8-12-3-2-6-17-12)15-5-4-11(16)7-13(14)15/h4-5,7,9,12,17H,2-3,6,8H2,1H3/t12-/m0/s1. The topological polar surface area (TPSA) is 34.0 Å². The first-order chi connectivity index (χ1) is 9.15. The molecule has 0 radical (unpaired) electrons. The summed E-state index contributed by atoms with van der Waals surface area (Å²) in [7, 11) is 0. The van der Waals surface area contributed by atoms with Gasteiger partial charge in [0.15, 0.2) is 5.78 Å². The van der Waals surface area contributed by atoms with Crippen molar-refractivity contribution in [3.05, 3.63) is 35.0 Å². The van der Waals surface area contributed by atoms with Crippen molar-refractivity contribution in [3.8, 4) is 0 Å². The van der Waals surface area contributed by atoms with Crippen LogP contribution in [-0.2, 0) is 6.54 Å². The number of halogens is 1. The number of Topliss-reactive ketones (excluding diaryl/α,β-unsaturated/α-hetero) is 1. The summed E-state index contributed by atoms with van der Waals surface area (Å²) in [5.41, 5.74) is 1.85. The molecule has 1 aromatic heterocycles. The van der Waals surface area contributed by atoms with Gasteiger partial charge in [-0.25, -0.2) is 0 Å². The second-order valence-electron chi connectivity index (χ2n) is 5.21. The molecular weight excluding hydrogens is 260 g/mol. The van der Waals surface area contributed by atoms with Gasteiger partial charge in [0.25, 0.3) is 0 Å². The van der Waals surface area contributed by atoms with Crippen molar-refractivity contribution in [2.45, 2.75) is 32.4 Å². The summed E-state index contributed by atoms with van der Waals surface area (Å²) in [6, 6.07) is 6.27. The van der Waals surface area contributed by atoms with Crippen molar-refractivity contribution < 1.29 is 4.79 Å². The second kappa shape index (κ2) is 4.99. The van der Waals surface area contributed by atoms with E-state index in [0.717, 1.165) is 29.6 Å². The Hall–Kier alpha value is -1.32. The van der Waals surface area contributed by atoms with Gasteiger partial charge in [-0.15, -0.1) is 0 Å². The van der Waals surface area contributed by atoms with E-state index in [9.17, 15) is 4.79 Å². The fourth-order valence-electron chi connectivity index (χ4n) is 2.85. The second-order valence-corrected chi connectivity index (χ2v) is 5.64. The first kappa shape index (κ1) is 12.7. The molecule has 0 aliphatic carbocycles. The van der Waals surface area contributed by atoms with Crippen LogP contribution in [0.2, 0.25) is 5.02 Å². The van der Waals surface area contributed by atoms with Gasteiger partial charge in [0.2, 0.25) is 0 Å². The van der Waals surface area contributed by atoms with E-state index in [1.165, 1.54) is 12.8 Å². The third kappa shape index (κ3) is 2.40. The average molecular weight is 277 g/mol. The van der Waals surface area contributed by atoms with E-state index in [1.54, 1.807) is 6.92 Å². The van der Waals surface area contributed by atoms with E-state index in [2.05, 4.69) is 9.88 Å². The summed E-state index contributed by atoms with van der Waals surface area (Å²) in [6.45, 7) is 3.61. The predicted molar refractivity (Wildman–Crippen MR) is 78.0 cm³/mol. The highest BCUT2D eigenvalue weighted by Crippen LogP contribution is 2.26. The maximum atomic E-state index is 11.7. The van der Waals surface area contributed by atoms with Crippen LogP contribution >= 0.6 is 11.6 Å². The summed E-state index contributed by atoms with van der Waals surface area (Å²) < 4.78 is 2.17. The van der Waals surface area contributed by atoms with Crippen molar-refractivity contribution in [2.24, 2.45) is 0 Å². The van der Waals surface area contributed by atoms with Gasteiger partial charge >= 0.3 is 0 Å². The smallest absolute Gasteiger partial charge is 0.161 e. The molecule has 1 N–H and O–H groups in total. The first-order valence-electron chi connectivity index (χ1n) is 6.68. The third-order valence-electron chi connectivity index (χ3n) is 3.80. The lowest BCUT2D eigenvalue weighted by atomic mass is 10.1. The fraction of sp³-hybridized carbons (Fsp3) is 0.400. The predicted octanol–water partition coefficient (Wildman–Crippen LogP) is 3.25. The highest BCUT2D eigenvalue weighted by atomic mass is 35.5. The molecule has 4 heteroatoms. The number of nitrogens with zero attached hydrogens (tertiary/aromatic N) is 1. The van der Waals surface area contributed by atoms with Gasteiger partial charge in [0.05, 0.1) is 0 Å². The molecular formula is C15H17ClN2O. The lowest BCUT2D eigenvalue weighted by molar-refractivity contribution is 0.101. The summed E-state index contributed by atoms with van der Waals surface area (Å²) in [5.74, 6) is 0.0883. The Morgan fingerprint density at radius 2 is 2.37 bits per heavy atom. The van der Waals surface area contributed by atoms with Crippen molar-refractivity contribution >= 4 is 28.3 Å². The molecule has 2 aromatic rings. The van der Waals surface area contributed by atoms with E-state index in [-0.39, 0.29) is 5.78 Å². The number of benzene rings is 1. The number of carbonyl (C=O) groups is 1. The van der Waals surface area contributed by atoms with E-state index in [4.69, 9.17) is 11.6 Å². The monoisotopic (exact) mass is 276 g/mol. The van der Waals surface area contributed by atoms with Gasteiger partial charge in [-0.3, -0.25) is 4.79 Å². The zero-order chi connectivity index (χ0) is 13.4. The van der Waals surface area contributed by atoms with E-state index >= 15 is 0 Å². The van der Waals surface area contributed by atoms with E-state index in [0.29, 0.717) is 11.1 Å². The maximum Gasteiger partial charge on any atom is 0.161 e. The SMILES string of the molecule is CC(=O)c1cn(C[C@@H]2CCCN2)c2ccc(Cl)cc12. The van der Waals surface area contributed by atoms with Gasteiger partial charge in [-0.2, -0.15) is 0 Å². The van der Waals surface area contributed by atoms with Gasteiger partial charge in [-0.1, -0.05) is 11.6 Å². The minimum absolute atomic E-state index is 0.0883. The van der Waals surface area contributed by atoms with Crippen LogP contribution in [0.5, 0.6) is 0 Å². The van der Waals surface area contributed by atoms with E-state index < -0.39 is 0 Å². The Morgan fingerprint density at radius 1 is 1.53 bits per heavy atom. The molecule has 3 rings (SSSR count). The molecule has 0 amide bonds. The average Bonchev–Trinajstić information content (AvgIpc) is 2.97. The fourth-order valence-corrected chi connectivity index (χ4v) is 3.02. The zero-order valence-corrected chi connectivity index (χ0v) is 11.7. The Morgan fingerprint density at radius 3 is 3.05 bits per heavy atom. The van der Waals surface area contributed by atoms with Crippen LogP contribution in [0.3, 0.4) is 0 Å². The summed E-state index contributed by atoms with van der Waals surface area (Å²) in [6.07, 6.45) is 4.39. The molecule has 3 nitrogen and oxygen atoms in total. The summed E-state index contributed by atoms with van der Waals surface area (Å²) >= 11 is 6.04. The molecule has 0 bridgehead atoms. The molecule has 0 saturated carbocycles. The Kier molecular flexibility index (Phi) is 3.33. The Labute approximate surface area is 117 Å². The summed E-state index contributed by atoms with van der Waals surface area (Å²) in [5, 5.41) is 5.12. The van der Waals surface area contributed by atoms with Crippen LogP contribution in [0.25, 0.3) is 10.9 Å². The minimum atomic E-state index is 0.0883. The molecule has 1 aliphatic rings. The zero-order valence-electron chi connectivity index (χ0n) is 10.9. The van der Waals surface area contributed by atoms with Gasteiger partial charge in [-0.05, 0) is 44.5 Å². The molecule has 100 valence electrons. The molecule has 19 heavy (non-hydrogen) atoms. The van der Waals surface area contributed by atoms with Crippen LogP contribution in [0, 0.1) is 0 Å². The molecule has 0 unspecified atom stereocenters. The summed E-state index contributed by atoms with van der Waals surface area (Å²) in [4.78, 5) is 11.7. The number of fused-ring (bicyclic) bond motifs is 1. The van der Waals surface area contributed by atoms with Crippen LogP contribution in [0.1, 0.15) is 30.1 Å². The van der Waals surface area contributed by atoms with Crippen LogP contribution in [0.4, 0.5) is 0 Å². The number of hydrogen-bond donors (Lipinski definition) is 1. The van der Waals surface area contributed by atoms with Crippen molar-refractivity contribution in [2.75, 3.05) is 6.54 Å². The molecule has 1 fully saturated rings. The van der Waals surface area contributed by atoms with Crippen LogP contribution < -0.4 is 5.32 Å². The van der Waals surface area contributed by atoms with Gasteiger partial charge in [0, 0.05) is 40.3 Å². The Bertz CT molecular complexity index is 626. The third-order valence-corrected chi connectivity index (χ3v) is 4.04. The minimum Gasteiger partial charge on any atom is -0.345 e. The van der Waals surface area contributed by atoms with Gasteiger partial charge in [0.1, 0.15) is 0 Å². The normalized spacial score (nSPS) is 19.2. The largest absolute Gasteiger partial charge is 0.345 e. The number of hydrogen-bond acceptors (Lipinski definition) is 2. The van der Waals surface area contributed by atoms with Crippen molar-refractivity contribution in [1.29, 1.82) is 0 Å². The maximum absolute atomic E-state index is 11.7. The molecule has 0 spiro atoms. The van der Waals surface area contributed by atoms with Crippen LogP contribution in [-0.4, -0.2) is 22.9 Å². The number of ketones is 1. The molecule has 1 saturated heterocycles. The number of aromatic nitrogens is 1. The first-order valence-corrected chi connectivity index (χ1v) is 7.05. The highest BCUT2D eigenvalue weighted by Gasteiger charge is 2.18. The number of rotatable bonds is 3. The Balaban J connectivity index is 2.06. The molecule has 1 aromatic carbocycles. The highest BCUT2D eigenvalue weighted by molar-refractivity contribution is 6.31. The molecule has 2 heterocycles. The lowest BCUT2D eigenvalue weighted by Gasteiger charge is -2.12.